The summed E-state index contributed by atoms with van der Waals surface area (Å²) in [6.07, 6.45) is 6.34. The molecule has 7 nitrogen and oxygen atoms in total. The Morgan fingerprint density at radius 3 is 2.59 bits per heavy atom. The van der Waals surface area contributed by atoms with Crippen LogP contribution in [-0.4, -0.2) is 35.5 Å². The van der Waals surface area contributed by atoms with Crippen LogP contribution >= 0.6 is 0 Å². The number of rotatable bonds is 8. The molecule has 1 heterocycles. The van der Waals surface area contributed by atoms with E-state index >= 15 is 0 Å². The van der Waals surface area contributed by atoms with Crippen LogP contribution in [0.3, 0.4) is 0 Å². The van der Waals surface area contributed by atoms with Gasteiger partial charge in [-0.15, -0.1) is 6.42 Å². The fourth-order valence-corrected chi connectivity index (χ4v) is 3.08. The standard InChI is InChI=1S/C25H21N3O4/c1-2-14-30-15-16-31-22-12-13-24-23(17-22)26-18-28(24)20-10-8-19(9-11-20)27-25(29)32-21-6-4-3-5-7-21/h1,3-13,17-18H,14-16H2,(H,27,29). The van der Waals surface area contributed by atoms with Crippen LogP contribution in [0.4, 0.5) is 10.5 Å². The maximum atomic E-state index is 12.1. The molecule has 4 rings (SSSR count). The first-order valence-electron chi connectivity index (χ1n) is 9.98. The molecule has 0 saturated carbocycles. The maximum Gasteiger partial charge on any atom is 0.417 e. The smallest absolute Gasteiger partial charge is 0.417 e. The summed E-state index contributed by atoms with van der Waals surface area (Å²) in [5.41, 5.74) is 3.28. The number of amides is 1. The van der Waals surface area contributed by atoms with Gasteiger partial charge < -0.3 is 14.2 Å². The van der Waals surface area contributed by atoms with Crippen LogP contribution in [0, 0.1) is 12.3 Å². The summed E-state index contributed by atoms with van der Waals surface area (Å²) in [6, 6.07) is 22.0. The van der Waals surface area contributed by atoms with E-state index in [1.807, 2.05) is 41.0 Å². The molecular weight excluding hydrogens is 406 g/mol. The topological polar surface area (TPSA) is 74.6 Å². The van der Waals surface area contributed by atoms with Gasteiger partial charge in [0, 0.05) is 17.4 Å². The van der Waals surface area contributed by atoms with Gasteiger partial charge in [-0.2, -0.15) is 0 Å². The summed E-state index contributed by atoms with van der Waals surface area (Å²) in [6.45, 7) is 1.11. The van der Waals surface area contributed by atoms with Crippen LogP contribution in [0.25, 0.3) is 16.7 Å². The Labute approximate surface area is 185 Å². The number of nitrogens with one attached hydrogen (secondary N) is 1. The third-order valence-corrected chi connectivity index (χ3v) is 4.55. The van der Waals surface area contributed by atoms with Crippen LogP contribution in [-0.2, 0) is 4.74 Å². The zero-order chi connectivity index (χ0) is 22.2. The van der Waals surface area contributed by atoms with Crippen molar-refractivity contribution in [3.05, 3.63) is 79.1 Å². The molecule has 0 radical (unpaired) electrons. The predicted octanol–water partition coefficient (Wildman–Crippen LogP) is 4.67. The van der Waals surface area contributed by atoms with Gasteiger partial charge >= 0.3 is 6.09 Å². The first-order chi connectivity index (χ1) is 15.7. The number of para-hydroxylation sites is 1. The summed E-state index contributed by atoms with van der Waals surface area (Å²) in [5.74, 6) is 3.61. The van der Waals surface area contributed by atoms with E-state index in [1.165, 1.54) is 0 Å². The molecule has 0 aliphatic carbocycles. The zero-order valence-electron chi connectivity index (χ0n) is 17.2. The molecule has 4 aromatic rings. The number of aromatic nitrogens is 2. The highest BCUT2D eigenvalue weighted by atomic mass is 16.6. The molecule has 160 valence electrons. The SMILES string of the molecule is C#CCOCCOc1ccc2c(c1)ncn2-c1ccc(NC(=O)Oc2ccccc2)cc1. The Bertz CT molecular complexity index is 1230. The molecule has 0 aliphatic heterocycles. The second kappa shape index (κ2) is 10.2. The number of hydrogen-bond donors (Lipinski definition) is 1. The molecule has 0 spiro atoms. The Morgan fingerprint density at radius 1 is 1.00 bits per heavy atom. The average molecular weight is 427 g/mol. The number of hydrogen-bond acceptors (Lipinski definition) is 5. The van der Waals surface area contributed by atoms with Crippen molar-refractivity contribution in [3.8, 4) is 29.5 Å². The van der Waals surface area contributed by atoms with Crippen molar-refractivity contribution in [1.29, 1.82) is 0 Å². The number of anilines is 1. The quantitative estimate of drug-likeness (QED) is 0.327. The van der Waals surface area contributed by atoms with Gasteiger partial charge in [-0.05, 0) is 48.5 Å². The summed E-state index contributed by atoms with van der Waals surface area (Å²) < 4.78 is 18.1. The van der Waals surface area contributed by atoms with Gasteiger partial charge in [-0.1, -0.05) is 24.1 Å². The molecule has 0 atom stereocenters. The van der Waals surface area contributed by atoms with Crippen molar-refractivity contribution in [2.75, 3.05) is 25.1 Å². The van der Waals surface area contributed by atoms with E-state index in [2.05, 4.69) is 16.2 Å². The van der Waals surface area contributed by atoms with Gasteiger partial charge in [0.2, 0.25) is 0 Å². The van der Waals surface area contributed by atoms with Crippen molar-refractivity contribution in [2.45, 2.75) is 0 Å². The fraction of sp³-hybridized carbons (Fsp3) is 0.120. The summed E-state index contributed by atoms with van der Waals surface area (Å²) in [4.78, 5) is 16.5. The molecule has 0 fully saturated rings. The Morgan fingerprint density at radius 2 is 1.81 bits per heavy atom. The number of carbonyl (C=O) groups is 1. The van der Waals surface area contributed by atoms with Gasteiger partial charge in [0.05, 0.1) is 17.6 Å². The zero-order valence-corrected chi connectivity index (χ0v) is 17.2. The summed E-state index contributed by atoms with van der Waals surface area (Å²) in [5, 5.41) is 2.72. The molecule has 1 aromatic heterocycles. The molecule has 3 aromatic carbocycles. The van der Waals surface area contributed by atoms with Gasteiger partial charge in [-0.25, -0.2) is 9.78 Å². The van der Waals surface area contributed by atoms with Crippen LogP contribution in [0.5, 0.6) is 11.5 Å². The normalized spacial score (nSPS) is 10.5. The molecule has 0 saturated heterocycles. The lowest BCUT2D eigenvalue weighted by Crippen LogP contribution is -2.16. The van der Waals surface area contributed by atoms with E-state index < -0.39 is 6.09 Å². The lowest BCUT2D eigenvalue weighted by Gasteiger charge is -2.09. The highest BCUT2D eigenvalue weighted by Crippen LogP contribution is 2.24. The monoisotopic (exact) mass is 427 g/mol. The van der Waals surface area contributed by atoms with Crippen LogP contribution in [0.1, 0.15) is 0 Å². The summed E-state index contributed by atoms with van der Waals surface area (Å²) >= 11 is 0. The minimum Gasteiger partial charge on any atom is -0.491 e. The Balaban J connectivity index is 1.39. The van der Waals surface area contributed by atoms with Crippen molar-refractivity contribution in [1.82, 2.24) is 9.55 Å². The van der Waals surface area contributed by atoms with Crippen molar-refractivity contribution < 1.29 is 19.0 Å². The van der Waals surface area contributed by atoms with E-state index in [9.17, 15) is 4.79 Å². The Hall–Kier alpha value is -4.28. The first kappa shape index (κ1) is 21.0. The molecule has 7 heteroatoms. The molecule has 0 unspecified atom stereocenters. The van der Waals surface area contributed by atoms with Gasteiger partial charge in [0.25, 0.3) is 0 Å². The Kier molecular flexibility index (Phi) is 6.66. The average Bonchev–Trinajstić information content (AvgIpc) is 3.23. The third kappa shape index (κ3) is 5.25. The van der Waals surface area contributed by atoms with Crippen LogP contribution < -0.4 is 14.8 Å². The van der Waals surface area contributed by atoms with E-state index in [0.29, 0.717) is 30.4 Å². The number of benzene rings is 3. The largest absolute Gasteiger partial charge is 0.491 e. The van der Waals surface area contributed by atoms with Crippen LogP contribution in [0.2, 0.25) is 0 Å². The van der Waals surface area contributed by atoms with E-state index in [4.69, 9.17) is 20.6 Å². The van der Waals surface area contributed by atoms with Crippen molar-refractivity contribution in [2.24, 2.45) is 0 Å². The molecule has 32 heavy (non-hydrogen) atoms. The highest BCUT2D eigenvalue weighted by molar-refractivity contribution is 5.86. The molecule has 0 bridgehead atoms. The molecular formula is C25H21N3O4. The van der Waals surface area contributed by atoms with Gasteiger partial charge in [0.1, 0.15) is 31.0 Å². The molecule has 1 amide bonds. The first-order valence-corrected chi connectivity index (χ1v) is 9.98. The van der Waals surface area contributed by atoms with Crippen molar-refractivity contribution >= 4 is 22.8 Å². The molecule has 1 N–H and O–H groups in total. The fourth-order valence-electron chi connectivity index (χ4n) is 3.08. The minimum atomic E-state index is -0.547. The van der Waals surface area contributed by atoms with Gasteiger partial charge in [-0.3, -0.25) is 9.88 Å². The third-order valence-electron chi connectivity index (χ3n) is 4.55. The maximum absolute atomic E-state index is 12.1. The highest BCUT2D eigenvalue weighted by Gasteiger charge is 2.08. The number of terminal acetylenes is 1. The van der Waals surface area contributed by atoms with E-state index in [-0.39, 0.29) is 6.61 Å². The van der Waals surface area contributed by atoms with E-state index in [0.717, 1.165) is 16.7 Å². The second-order valence-electron chi connectivity index (χ2n) is 6.74. The number of carbonyl (C=O) groups excluding carboxylic acids is 1. The molecule has 0 aliphatic rings. The number of nitrogens with zero attached hydrogens (tertiary/aromatic N) is 2. The minimum absolute atomic E-state index is 0.273. The predicted molar refractivity (Wildman–Crippen MR) is 122 cm³/mol. The van der Waals surface area contributed by atoms with Crippen LogP contribution in [0.15, 0.2) is 79.1 Å². The summed E-state index contributed by atoms with van der Waals surface area (Å²) in [7, 11) is 0. The second-order valence-corrected chi connectivity index (χ2v) is 6.74. The van der Waals surface area contributed by atoms with Crippen molar-refractivity contribution in [3.63, 3.8) is 0 Å². The van der Waals surface area contributed by atoms with E-state index in [1.54, 1.807) is 42.7 Å². The van der Waals surface area contributed by atoms with Gasteiger partial charge in [0.15, 0.2) is 0 Å². The lowest BCUT2D eigenvalue weighted by molar-refractivity contribution is 0.124. The number of fused-ring (bicyclic) bond motifs is 1. The number of ether oxygens (including phenoxy) is 3. The number of imidazole rings is 1. The lowest BCUT2D eigenvalue weighted by atomic mass is 10.2.